The van der Waals surface area contributed by atoms with Gasteiger partial charge in [-0.15, -0.1) is 0 Å². The minimum atomic E-state index is -0.970. The Morgan fingerprint density at radius 1 is 0.962 bits per heavy atom. The lowest BCUT2D eigenvalue weighted by atomic mass is 9.97. The molecule has 1 rings (SSSR count). The van der Waals surface area contributed by atoms with Gasteiger partial charge in [-0.2, -0.15) is 0 Å². The first-order valence-electron chi connectivity index (χ1n) is 9.84. The fourth-order valence-electron chi connectivity index (χ4n) is 2.82. The molecule has 0 aliphatic rings. The monoisotopic (exact) mass is 362 g/mol. The van der Waals surface area contributed by atoms with E-state index in [0.717, 1.165) is 30.7 Å². The van der Waals surface area contributed by atoms with Crippen molar-refractivity contribution in [1.29, 1.82) is 0 Å². The zero-order chi connectivity index (χ0) is 19.5. The van der Waals surface area contributed by atoms with Gasteiger partial charge in [-0.1, -0.05) is 53.4 Å². The Hall–Kier alpha value is -1.84. The third-order valence-electron chi connectivity index (χ3n) is 4.48. The summed E-state index contributed by atoms with van der Waals surface area (Å²) >= 11 is 0. The van der Waals surface area contributed by atoms with Crippen LogP contribution < -0.4 is 0 Å². The van der Waals surface area contributed by atoms with E-state index in [0.29, 0.717) is 24.5 Å². The Bertz CT molecular complexity index is 576. The molecule has 0 fully saturated rings. The number of ether oxygens (including phenoxy) is 1. The molecule has 0 amide bonds. The Balaban J connectivity index is 2.68. The Labute approximate surface area is 158 Å². The van der Waals surface area contributed by atoms with Crippen molar-refractivity contribution < 1.29 is 19.4 Å². The molecule has 26 heavy (non-hydrogen) atoms. The maximum atomic E-state index is 12.4. The summed E-state index contributed by atoms with van der Waals surface area (Å²) in [6.07, 6.45) is 7.20. The lowest BCUT2D eigenvalue weighted by molar-refractivity contribution is 0.0485. The molecule has 1 aromatic carbocycles. The van der Waals surface area contributed by atoms with E-state index in [1.54, 1.807) is 12.1 Å². The Kier molecular flexibility index (Phi) is 10.0. The van der Waals surface area contributed by atoms with Crippen molar-refractivity contribution in [1.82, 2.24) is 0 Å². The topological polar surface area (TPSA) is 63.6 Å². The zero-order valence-electron chi connectivity index (χ0n) is 16.7. The first-order chi connectivity index (χ1) is 12.3. The third kappa shape index (κ3) is 8.50. The number of esters is 1. The molecule has 0 spiro atoms. The van der Waals surface area contributed by atoms with Crippen LogP contribution in [-0.4, -0.2) is 23.7 Å². The van der Waals surface area contributed by atoms with Crippen LogP contribution in [0.3, 0.4) is 0 Å². The number of carboxylic acid groups (broad SMARTS) is 1. The fraction of sp³-hybridized carbons (Fsp3) is 0.636. The SMILES string of the molecule is CC(C)CCCCCCc1cc(C(=O)O)ccc1C(=O)OCCC(C)C. The van der Waals surface area contributed by atoms with Crippen molar-refractivity contribution in [2.45, 2.75) is 72.6 Å². The third-order valence-corrected chi connectivity index (χ3v) is 4.48. The zero-order valence-corrected chi connectivity index (χ0v) is 16.7. The second-order valence-electron chi connectivity index (χ2n) is 7.84. The average Bonchev–Trinajstić information content (AvgIpc) is 2.57. The van der Waals surface area contributed by atoms with Crippen LogP contribution in [0.2, 0.25) is 0 Å². The first-order valence-corrected chi connectivity index (χ1v) is 9.84. The molecule has 146 valence electrons. The molecule has 0 bridgehead atoms. The number of benzene rings is 1. The van der Waals surface area contributed by atoms with Crippen molar-refractivity contribution in [2.75, 3.05) is 6.61 Å². The molecule has 0 atom stereocenters. The predicted molar refractivity (Wildman–Crippen MR) is 105 cm³/mol. The summed E-state index contributed by atoms with van der Waals surface area (Å²) in [5, 5.41) is 9.22. The number of aryl methyl sites for hydroxylation is 1. The lowest BCUT2D eigenvalue weighted by Gasteiger charge is -2.12. The number of carbonyl (C=O) groups is 2. The summed E-state index contributed by atoms with van der Waals surface area (Å²) in [5.74, 6) is -0.114. The predicted octanol–water partition coefficient (Wildman–Crippen LogP) is 5.74. The van der Waals surface area contributed by atoms with Crippen LogP contribution >= 0.6 is 0 Å². The number of hydrogen-bond donors (Lipinski definition) is 1. The summed E-state index contributed by atoms with van der Waals surface area (Å²) in [7, 11) is 0. The lowest BCUT2D eigenvalue weighted by Crippen LogP contribution is -2.12. The molecule has 4 nitrogen and oxygen atoms in total. The van der Waals surface area contributed by atoms with E-state index in [1.165, 1.54) is 25.3 Å². The molecule has 0 saturated heterocycles. The van der Waals surface area contributed by atoms with E-state index in [9.17, 15) is 14.7 Å². The molecule has 0 heterocycles. The Morgan fingerprint density at radius 2 is 1.62 bits per heavy atom. The summed E-state index contributed by atoms with van der Waals surface area (Å²) < 4.78 is 5.36. The van der Waals surface area contributed by atoms with Gasteiger partial charge in [0.15, 0.2) is 0 Å². The second-order valence-corrected chi connectivity index (χ2v) is 7.84. The molecule has 0 unspecified atom stereocenters. The highest BCUT2D eigenvalue weighted by atomic mass is 16.5. The molecular weight excluding hydrogens is 328 g/mol. The van der Waals surface area contributed by atoms with Gasteiger partial charge in [-0.3, -0.25) is 0 Å². The maximum absolute atomic E-state index is 12.4. The molecule has 1 N–H and O–H groups in total. The van der Waals surface area contributed by atoms with E-state index in [4.69, 9.17) is 4.74 Å². The summed E-state index contributed by atoms with van der Waals surface area (Å²) in [4.78, 5) is 23.6. The molecule has 0 saturated carbocycles. The first kappa shape index (κ1) is 22.2. The van der Waals surface area contributed by atoms with Crippen molar-refractivity contribution in [3.63, 3.8) is 0 Å². The number of aromatic carboxylic acids is 1. The van der Waals surface area contributed by atoms with Crippen LogP contribution in [-0.2, 0) is 11.2 Å². The van der Waals surface area contributed by atoms with Crippen LogP contribution in [0.15, 0.2) is 18.2 Å². The molecule has 0 aromatic heterocycles. The van der Waals surface area contributed by atoms with Crippen molar-refractivity contribution >= 4 is 11.9 Å². The van der Waals surface area contributed by atoms with Crippen LogP contribution in [0.5, 0.6) is 0 Å². The van der Waals surface area contributed by atoms with Gasteiger partial charge in [0.05, 0.1) is 17.7 Å². The minimum absolute atomic E-state index is 0.221. The molecular formula is C22H34O4. The molecule has 1 aromatic rings. The van der Waals surface area contributed by atoms with Gasteiger partial charge >= 0.3 is 11.9 Å². The highest BCUT2D eigenvalue weighted by molar-refractivity contribution is 5.94. The van der Waals surface area contributed by atoms with Crippen molar-refractivity contribution in [3.05, 3.63) is 34.9 Å². The summed E-state index contributed by atoms with van der Waals surface area (Å²) in [6.45, 7) is 9.02. The molecule has 0 radical (unpaired) electrons. The van der Waals surface area contributed by atoms with Gasteiger partial charge in [0.25, 0.3) is 0 Å². The van der Waals surface area contributed by atoms with E-state index in [-0.39, 0.29) is 11.5 Å². The van der Waals surface area contributed by atoms with Crippen molar-refractivity contribution in [2.24, 2.45) is 11.8 Å². The van der Waals surface area contributed by atoms with E-state index >= 15 is 0 Å². The highest BCUT2D eigenvalue weighted by Crippen LogP contribution is 2.18. The van der Waals surface area contributed by atoms with Crippen molar-refractivity contribution in [3.8, 4) is 0 Å². The van der Waals surface area contributed by atoms with Gasteiger partial charge in [0.2, 0.25) is 0 Å². The largest absolute Gasteiger partial charge is 0.478 e. The number of rotatable bonds is 12. The minimum Gasteiger partial charge on any atom is -0.478 e. The van der Waals surface area contributed by atoms with Crippen LogP contribution in [0.4, 0.5) is 0 Å². The summed E-state index contributed by atoms with van der Waals surface area (Å²) in [5.41, 5.74) is 1.50. The molecule has 4 heteroatoms. The highest BCUT2D eigenvalue weighted by Gasteiger charge is 2.15. The number of hydrogen-bond acceptors (Lipinski definition) is 3. The summed E-state index contributed by atoms with van der Waals surface area (Å²) in [6, 6.07) is 4.69. The normalized spacial score (nSPS) is 11.2. The smallest absolute Gasteiger partial charge is 0.338 e. The van der Waals surface area contributed by atoms with Gasteiger partial charge in [0.1, 0.15) is 0 Å². The van der Waals surface area contributed by atoms with Crippen LogP contribution in [0, 0.1) is 11.8 Å². The van der Waals surface area contributed by atoms with Gasteiger partial charge in [-0.25, -0.2) is 9.59 Å². The van der Waals surface area contributed by atoms with Crippen LogP contribution in [0.1, 0.15) is 92.5 Å². The average molecular weight is 363 g/mol. The van der Waals surface area contributed by atoms with E-state index < -0.39 is 5.97 Å². The maximum Gasteiger partial charge on any atom is 0.338 e. The second kappa shape index (κ2) is 11.7. The number of unbranched alkanes of at least 4 members (excludes halogenated alkanes) is 3. The van der Waals surface area contributed by atoms with Gasteiger partial charge < -0.3 is 9.84 Å². The van der Waals surface area contributed by atoms with Gasteiger partial charge in [-0.05, 0) is 54.9 Å². The fourth-order valence-corrected chi connectivity index (χ4v) is 2.82. The van der Waals surface area contributed by atoms with Gasteiger partial charge in [0, 0.05) is 0 Å². The molecule has 0 aliphatic heterocycles. The quantitative estimate of drug-likeness (QED) is 0.380. The standard InChI is InChI=1S/C22H34O4/c1-16(2)9-7-5-6-8-10-18-15-19(21(23)24)11-12-20(18)22(25)26-14-13-17(3)4/h11-12,15-17H,5-10,13-14H2,1-4H3,(H,23,24). The number of carboxylic acids is 1. The van der Waals surface area contributed by atoms with Crippen LogP contribution in [0.25, 0.3) is 0 Å². The van der Waals surface area contributed by atoms with E-state index in [2.05, 4.69) is 27.7 Å². The number of carbonyl (C=O) groups excluding carboxylic acids is 1. The molecule has 0 aliphatic carbocycles. The van der Waals surface area contributed by atoms with E-state index in [1.807, 2.05) is 0 Å². The Morgan fingerprint density at radius 3 is 2.23 bits per heavy atom.